The molecule has 1 aromatic heterocycles. The Labute approximate surface area is 99.5 Å². The fraction of sp³-hybridized carbons (Fsp3) is 0.333. The lowest BCUT2D eigenvalue weighted by molar-refractivity contribution is 0.497. The highest BCUT2D eigenvalue weighted by Crippen LogP contribution is 2.12. The molecule has 2 rings (SSSR count). The van der Waals surface area contributed by atoms with Crippen molar-refractivity contribution >= 4 is 0 Å². The minimum Gasteiger partial charge on any atom is -0.308 e. The SMILES string of the molecule is CC(NCCn1ccnn1)c1cccc(F)c1. The van der Waals surface area contributed by atoms with Gasteiger partial charge in [-0.3, -0.25) is 4.68 Å². The quantitative estimate of drug-likeness (QED) is 0.857. The molecule has 0 saturated heterocycles. The molecule has 0 radical (unpaired) electrons. The third kappa shape index (κ3) is 3.35. The zero-order valence-corrected chi connectivity index (χ0v) is 9.68. The van der Waals surface area contributed by atoms with Crippen molar-refractivity contribution in [1.82, 2.24) is 20.3 Å². The van der Waals surface area contributed by atoms with Crippen molar-refractivity contribution in [3.8, 4) is 0 Å². The van der Waals surface area contributed by atoms with Crippen LogP contribution in [-0.4, -0.2) is 21.5 Å². The first-order valence-electron chi connectivity index (χ1n) is 5.58. The van der Waals surface area contributed by atoms with Crippen molar-refractivity contribution in [3.63, 3.8) is 0 Å². The number of nitrogens with one attached hydrogen (secondary N) is 1. The first-order chi connectivity index (χ1) is 8.25. The highest BCUT2D eigenvalue weighted by Gasteiger charge is 2.05. The molecule has 5 heteroatoms. The Morgan fingerprint density at radius 2 is 2.35 bits per heavy atom. The van der Waals surface area contributed by atoms with Crippen LogP contribution in [0.3, 0.4) is 0 Å². The maximum absolute atomic E-state index is 13.0. The summed E-state index contributed by atoms with van der Waals surface area (Å²) in [5.41, 5.74) is 0.948. The minimum atomic E-state index is -0.201. The molecule has 1 atom stereocenters. The molecule has 0 spiro atoms. The van der Waals surface area contributed by atoms with Crippen LogP contribution in [0, 0.1) is 5.82 Å². The van der Waals surface area contributed by atoms with Crippen LogP contribution in [0.5, 0.6) is 0 Å². The number of halogens is 1. The van der Waals surface area contributed by atoms with Crippen LogP contribution in [0.25, 0.3) is 0 Å². The van der Waals surface area contributed by atoms with Gasteiger partial charge in [-0.1, -0.05) is 17.3 Å². The first-order valence-corrected chi connectivity index (χ1v) is 5.58. The van der Waals surface area contributed by atoms with Crippen molar-refractivity contribution in [1.29, 1.82) is 0 Å². The van der Waals surface area contributed by atoms with Gasteiger partial charge in [0.1, 0.15) is 5.82 Å². The fourth-order valence-electron chi connectivity index (χ4n) is 1.64. The van der Waals surface area contributed by atoms with Gasteiger partial charge in [-0.15, -0.1) is 5.10 Å². The standard InChI is InChI=1S/C12H15FN4/c1-10(11-3-2-4-12(13)9-11)14-5-7-17-8-6-15-16-17/h2-4,6,8-10,14H,5,7H2,1H3. The van der Waals surface area contributed by atoms with Gasteiger partial charge in [-0.2, -0.15) is 0 Å². The molecule has 1 heterocycles. The summed E-state index contributed by atoms with van der Waals surface area (Å²) in [5, 5.41) is 10.9. The van der Waals surface area contributed by atoms with E-state index in [0.717, 1.165) is 18.7 Å². The monoisotopic (exact) mass is 234 g/mol. The van der Waals surface area contributed by atoms with E-state index in [1.807, 2.05) is 19.2 Å². The number of hydrogen-bond donors (Lipinski definition) is 1. The smallest absolute Gasteiger partial charge is 0.123 e. The van der Waals surface area contributed by atoms with Gasteiger partial charge < -0.3 is 5.32 Å². The molecule has 0 bridgehead atoms. The molecule has 2 aromatic rings. The molecule has 0 aliphatic heterocycles. The predicted octanol–water partition coefficient (Wildman–Crippen LogP) is 1.77. The molecule has 0 aliphatic rings. The highest BCUT2D eigenvalue weighted by atomic mass is 19.1. The number of aromatic nitrogens is 3. The van der Waals surface area contributed by atoms with Crippen LogP contribution in [0.2, 0.25) is 0 Å². The Morgan fingerprint density at radius 1 is 1.47 bits per heavy atom. The molecule has 90 valence electrons. The molecule has 0 amide bonds. The van der Waals surface area contributed by atoms with Gasteiger partial charge in [0.2, 0.25) is 0 Å². The van der Waals surface area contributed by atoms with E-state index in [9.17, 15) is 4.39 Å². The lowest BCUT2D eigenvalue weighted by Gasteiger charge is -2.14. The second-order valence-electron chi connectivity index (χ2n) is 3.90. The van der Waals surface area contributed by atoms with E-state index in [-0.39, 0.29) is 11.9 Å². The Balaban J connectivity index is 1.83. The van der Waals surface area contributed by atoms with Crippen LogP contribution >= 0.6 is 0 Å². The van der Waals surface area contributed by atoms with E-state index in [0.29, 0.717) is 0 Å². The second-order valence-corrected chi connectivity index (χ2v) is 3.90. The van der Waals surface area contributed by atoms with E-state index in [4.69, 9.17) is 0 Å². The molecular formula is C12H15FN4. The van der Waals surface area contributed by atoms with E-state index in [2.05, 4.69) is 15.6 Å². The number of rotatable bonds is 5. The maximum atomic E-state index is 13.0. The molecule has 0 saturated carbocycles. The topological polar surface area (TPSA) is 42.7 Å². The third-order valence-electron chi connectivity index (χ3n) is 2.61. The zero-order valence-electron chi connectivity index (χ0n) is 9.68. The molecule has 1 unspecified atom stereocenters. The molecular weight excluding hydrogens is 219 g/mol. The van der Waals surface area contributed by atoms with Gasteiger partial charge >= 0.3 is 0 Å². The van der Waals surface area contributed by atoms with E-state index in [1.165, 1.54) is 6.07 Å². The summed E-state index contributed by atoms with van der Waals surface area (Å²) in [6, 6.07) is 6.75. The van der Waals surface area contributed by atoms with E-state index >= 15 is 0 Å². The van der Waals surface area contributed by atoms with Crippen LogP contribution in [0.15, 0.2) is 36.7 Å². The van der Waals surface area contributed by atoms with Gasteiger partial charge in [-0.05, 0) is 24.6 Å². The largest absolute Gasteiger partial charge is 0.308 e. The van der Waals surface area contributed by atoms with Crippen LogP contribution in [-0.2, 0) is 6.54 Å². The highest BCUT2D eigenvalue weighted by molar-refractivity contribution is 5.19. The lowest BCUT2D eigenvalue weighted by Crippen LogP contribution is -2.23. The van der Waals surface area contributed by atoms with Crippen molar-refractivity contribution in [2.75, 3.05) is 6.54 Å². The van der Waals surface area contributed by atoms with Gasteiger partial charge in [0, 0.05) is 18.8 Å². The summed E-state index contributed by atoms with van der Waals surface area (Å²) in [6.07, 6.45) is 3.46. The predicted molar refractivity (Wildman–Crippen MR) is 62.8 cm³/mol. The number of hydrogen-bond acceptors (Lipinski definition) is 3. The second kappa shape index (κ2) is 5.54. The van der Waals surface area contributed by atoms with Crippen molar-refractivity contribution in [3.05, 3.63) is 48.0 Å². The van der Waals surface area contributed by atoms with Crippen LogP contribution in [0.4, 0.5) is 4.39 Å². The minimum absolute atomic E-state index is 0.120. The van der Waals surface area contributed by atoms with Crippen molar-refractivity contribution in [2.45, 2.75) is 19.5 Å². The zero-order chi connectivity index (χ0) is 12.1. The fourth-order valence-corrected chi connectivity index (χ4v) is 1.64. The molecule has 0 fully saturated rings. The average molecular weight is 234 g/mol. The Bertz CT molecular complexity index is 455. The normalized spacial score (nSPS) is 12.6. The van der Waals surface area contributed by atoms with E-state index < -0.39 is 0 Å². The van der Waals surface area contributed by atoms with Crippen molar-refractivity contribution in [2.24, 2.45) is 0 Å². The molecule has 0 aliphatic carbocycles. The average Bonchev–Trinajstić information content (AvgIpc) is 2.82. The Kier molecular flexibility index (Phi) is 3.82. The van der Waals surface area contributed by atoms with Gasteiger partial charge in [0.15, 0.2) is 0 Å². The summed E-state index contributed by atoms with van der Waals surface area (Å²) in [5.74, 6) is -0.201. The summed E-state index contributed by atoms with van der Waals surface area (Å²) in [7, 11) is 0. The molecule has 1 N–H and O–H groups in total. The number of benzene rings is 1. The van der Waals surface area contributed by atoms with Gasteiger partial charge in [-0.25, -0.2) is 4.39 Å². The van der Waals surface area contributed by atoms with Gasteiger partial charge in [0.25, 0.3) is 0 Å². The van der Waals surface area contributed by atoms with Crippen LogP contribution in [0.1, 0.15) is 18.5 Å². The molecule has 1 aromatic carbocycles. The first kappa shape index (κ1) is 11.7. The summed E-state index contributed by atoms with van der Waals surface area (Å²) < 4.78 is 14.8. The number of nitrogens with zero attached hydrogens (tertiary/aromatic N) is 3. The summed E-state index contributed by atoms with van der Waals surface area (Å²) in [6.45, 7) is 3.52. The summed E-state index contributed by atoms with van der Waals surface area (Å²) in [4.78, 5) is 0. The maximum Gasteiger partial charge on any atom is 0.123 e. The summed E-state index contributed by atoms with van der Waals surface area (Å²) >= 11 is 0. The third-order valence-corrected chi connectivity index (χ3v) is 2.61. The van der Waals surface area contributed by atoms with Gasteiger partial charge in [0.05, 0.1) is 12.7 Å². The van der Waals surface area contributed by atoms with Crippen molar-refractivity contribution < 1.29 is 4.39 Å². The Hall–Kier alpha value is -1.75. The lowest BCUT2D eigenvalue weighted by atomic mass is 10.1. The molecule has 17 heavy (non-hydrogen) atoms. The van der Waals surface area contributed by atoms with Crippen LogP contribution < -0.4 is 5.32 Å². The Morgan fingerprint density at radius 3 is 3.06 bits per heavy atom. The van der Waals surface area contributed by atoms with E-state index in [1.54, 1.807) is 23.0 Å². The molecule has 4 nitrogen and oxygen atoms in total.